The van der Waals surface area contributed by atoms with E-state index in [9.17, 15) is 75.0 Å². The first-order chi connectivity index (χ1) is 10.4. The Balaban J connectivity index is 6.55. The molecule has 0 spiro atoms. The number of carbonyl (C=O) groups is 1. The fraction of sp³-hybridized carbons (Fsp3) is 0.875. The van der Waals surface area contributed by atoms with Crippen LogP contribution in [0.25, 0.3) is 0 Å². The van der Waals surface area contributed by atoms with E-state index in [1.807, 2.05) is 0 Å². The Morgan fingerprint density at radius 3 is 0.920 bits per heavy atom. The quantitative estimate of drug-likeness (QED) is 0.445. The van der Waals surface area contributed by atoms with Crippen molar-refractivity contribution in [2.45, 2.75) is 41.7 Å². The Morgan fingerprint density at radius 1 is 0.440 bits per heavy atom. The first kappa shape index (κ1) is 23.5. The van der Waals surface area contributed by atoms with Crippen LogP contribution >= 0.6 is 0 Å². The van der Waals surface area contributed by atoms with Gasteiger partial charge in [0.05, 0.1) is 0 Å². The first-order valence-corrected chi connectivity index (χ1v) is 4.98. The molecular formula is C8F16O. The van der Waals surface area contributed by atoms with Gasteiger partial charge in [-0.3, -0.25) is 4.79 Å². The lowest BCUT2D eigenvalue weighted by molar-refractivity contribution is -0.449. The van der Waals surface area contributed by atoms with Crippen LogP contribution in [0.4, 0.5) is 70.2 Å². The highest BCUT2D eigenvalue weighted by atomic mass is 19.4. The number of carbonyl (C=O) groups excluding carboxylic acids is 1. The van der Waals surface area contributed by atoms with Gasteiger partial charge in [0.2, 0.25) is 0 Å². The number of halogens is 16. The Bertz CT molecular complexity index is 527. The molecule has 0 saturated heterocycles. The van der Waals surface area contributed by atoms with E-state index in [0.29, 0.717) is 0 Å². The van der Waals surface area contributed by atoms with Crippen LogP contribution < -0.4 is 0 Å². The zero-order valence-electron chi connectivity index (χ0n) is 10.5. The van der Waals surface area contributed by atoms with Gasteiger partial charge < -0.3 is 0 Å². The highest BCUT2D eigenvalue weighted by Crippen LogP contribution is 2.62. The summed E-state index contributed by atoms with van der Waals surface area (Å²) in [6, 6.07) is -4.78. The maximum Gasteiger partial charge on any atom is 0.460 e. The molecule has 0 N–H and O–H groups in total. The van der Waals surface area contributed by atoms with Crippen molar-refractivity contribution < 1.29 is 75.0 Å². The van der Waals surface area contributed by atoms with E-state index in [2.05, 4.69) is 0 Å². The van der Waals surface area contributed by atoms with Crippen molar-refractivity contribution in [1.82, 2.24) is 0 Å². The number of rotatable bonds is 6. The topological polar surface area (TPSA) is 17.1 Å². The number of alkyl halides is 15. The predicted octanol–water partition coefficient (Wildman–Crippen LogP) is 4.86. The smallest absolute Gasteiger partial charge is 0.254 e. The van der Waals surface area contributed by atoms with Crippen LogP contribution in [-0.4, -0.2) is 47.7 Å². The summed E-state index contributed by atoms with van der Waals surface area (Å²) in [7, 11) is 0. The van der Waals surface area contributed by atoms with E-state index in [-0.39, 0.29) is 0 Å². The van der Waals surface area contributed by atoms with Crippen molar-refractivity contribution in [3.05, 3.63) is 0 Å². The fourth-order valence-electron chi connectivity index (χ4n) is 1.09. The molecule has 1 nitrogen and oxygen atoms in total. The average Bonchev–Trinajstić information content (AvgIpc) is 2.35. The van der Waals surface area contributed by atoms with Gasteiger partial charge in [-0.05, 0) is 0 Å². The van der Waals surface area contributed by atoms with Gasteiger partial charge in [-0.15, -0.1) is 0 Å². The van der Waals surface area contributed by atoms with Gasteiger partial charge in [-0.1, -0.05) is 0 Å². The van der Waals surface area contributed by atoms with Gasteiger partial charge in [-0.25, -0.2) is 0 Å². The molecule has 0 atom stereocenters. The third kappa shape index (κ3) is 2.78. The maximum atomic E-state index is 12.8. The van der Waals surface area contributed by atoms with Crippen molar-refractivity contribution >= 4 is 6.04 Å². The second-order valence-electron chi connectivity index (χ2n) is 4.22. The van der Waals surface area contributed by atoms with Crippen LogP contribution in [0.3, 0.4) is 0 Å². The van der Waals surface area contributed by atoms with Gasteiger partial charge in [0.1, 0.15) is 0 Å². The Labute approximate surface area is 124 Å². The molecule has 25 heavy (non-hydrogen) atoms. The molecule has 0 aromatic carbocycles. The monoisotopic (exact) mass is 418 g/mol. The second-order valence-corrected chi connectivity index (χ2v) is 4.22. The third-order valence-corrected chi connectivity index (χ3v) is 2.57. The molecule has 0 radical (unpaired) electrons. The first-order valence-electron chi connectivity index (χ1n) is 4.98. The molecule has 0 amide bonds. The van der Waals surface area contributed by atoms with Crippen LogP contribution in [0, 0.1) is 0 Å². The standard InChI is InChI=1S/C8F16O/c9-1(25)2(10,11)3(12,13)4(14,15)5(16,17)6(18,19)7(20,21)8(22,23)24/i1+2. The Hall–Kier alpha value is -1.45. The van der Waals surface area contributed by atoms with Crippen LogP contribution in [0.15, 0.2) is 0 Å². The summed E-state index contributed by atoms with van der Waals surface area (Å²) in [6.45, 7) is 0. The van der Waals surface area contributed by atoms with Crippen LogP contribution in [-0.2, 0) is 4.79 Å². The third-order valence-electron chi connectivity index (χ3n) is 2.57. The molecule has 150 valence electrons. The van der Waals surface area contributed by atoms with Gasteiger partial charge >= 0.3 is 47.7 Å². The summed E-state index contributed by atoms with van der Waals surface area (Å²) >= 11 is 0. The summed E-state index contributed by atoms with van der Waals surface area (Å²) in [5, 5.41) is 0. The lowest BCUT2D eigenvalue weighted by Crippen LogP contribution is -2.73. The molecule has 0 aromatic rings. The lowest BCUT2D eigenvalue weighted by atomic mass is 9.93. The molecule has 0 saturated carbocycles. The van der Waals surface area contributed by atoms with E-state index in [1.165, 1.54) is 0 Å². The van der Waals surface area contributed by atoms with Gasteiger partial charge in [0, 0.05) is 0 Å². The van der Waals surface area contributed by atoms with Crippen molar-refractivity contribution in [2.24, 2.45) is 0 Å². The molecule has 0 rings (SSSR count). The summed E-state index contributed by atoms with van der Waals surface area (Å²) in [6.07, 6.45) is -7.72. The largest absolute Gasteiger partial charge is 0.460 e. The van der Waals surface area contributed by atoms with E-state index in [4.69, 9.17) is 0 Å². The van der Waals surface area contributed by atoms with Gasteiger partial charge in [0.25, 0.3) is 0 Å². The number of hydrogen-bond acceptors (Lipinski definition) is 1. The fourth-order valence-corrected chi connectivity index (χ4v) is 1.09. The van der Waals surface area contributed by atoms with Gasteiger partial charge in [0.15, 0.2) is 0 Å². The molecule has 0 aromatic heterocycles. The van der Waals surface area contributed by atoms with E-state index in [0.717, 1.165) is 0 Å². The maximum absolute atomic E-state index is 12.8. The van der Waals surface area contributed by atoms with E-state index >= 15 is 0 Å². The summed E-state index contributed by atoms with van der Waals surface area (Å²) in [5.41, 5.74) is 0. The van der Waals surface area contributed by atoms with Crippen LogP contribution in [0.5, 0.6) is 0 Å². The molecular weight excluding hydrogens is 418 g/mol. The highest BCUT2D eigenvalue weighted by molar-refractivity contribution is 5.78. The Morgan fingerprint density at radius 2 is 0.680 bits per heavy atom. The van der Waals surface area contributed by atoms with Crippen molar-refractivity contribution in [3.8, 4) is 0 Å². The zero-order chi connectivity index (χ0) is 21.1. The van der Waals surface area contributed by atoms with E-state index in [1.54, 1.807) is 0 Å². The van der Waals surface area contributed by atoms with Crippen LogP contribution in [0.1, 0.15) is 0 Å². The second kappa shape index (κ2) is 5.52. The average molecular weight is 418 g/mol. The molecule has 0 bridgehead atoms. The summed E-state index contributed by atoms with van der Waals surface area (Å²) in [4.78, 5) is 9.50. The van der Waals surface area contributed by atoms with Crippen molar-refractivity contribution in [1.29, 1.82) is 0 Å². The van der Waals surface area contributed by atoms with Crippen molar-refractivity contribution in [2.75, 3.05) is 0 Å². The summed E-state index contributed by atoms with van der Waals surface area (Å²) < 4.78 is 198. The van der Waals surface area contributed by atoms with Crippen LogP contribution in [0.2, 0.25) is 0 Å². The molecule has 0 heterocycles. The molecule has 0 aliphatic rings. The minimum Gasteiger partial charge on any atom is -0.254 e. The SMILES string of the molecule is O=[14C](F)C(F)(F)C(F)(F)C(F)(F)C(F)(F)C(F)(F)C(F)(F)C(F)(F)F. The molecule has 0 aliphatic carbocycles. The zero-order valence-corrected chi connectivity index (χ0v) is 10.5. The predicted molar refractivity (Wildman–Crippen MR) is 41.9 cm³/mol. The normalized spacial score (nSPS) is 16.2. The molecule has 0 fully saturated rings. The minimum atomic E-state index is -8.53. The summed E-state index contributed by atoms with van der Waals surface area (Å²) in [5.74, 6) is -49.1. The van der Waals surface area contributed by atoms with Gasteiger partial charge in [-0.2, -0.15) is 70.2 Å². The van der Waals surface area contributed by atoms with Crippen molar-refractivity contribution in [3.63, 3.8) is 0 Å². The van der Waals surface area contributed by atoms with E-state index < -0.39 is 47.7 Å². The molecule has 17 heteroatoms. The lowest BCUT2D eigenvalue weighted by Gasteiger charge is -2.40. The minimum absolute atomic E-state index is 4.78. The Kier molecular flexibility index (Phi) is 5.20. The molecule has 0 unspecified atom stereocenters. The highest BCUT2D eigenvalue weighted by Gasteiger charge is 2.94. The molecule has 0 aliphatic heterocycles. The number of hydrogen-bond donors (Lipinski definition) is 0.